The van der Waals surface area contributed by atoms with E-state index in [1.807, 2.05) is 55.5 Å². The van der Waals surface area contributed by atoms with Gasteiger partial charge in [0.25, 0.3) is 0 Å². The first-order chi connectivity index (χ1) is 13.5. The van der Waals surface area contributed by atoms with Crippen LogP contribution in [0.2, 0.25) is 0 Å². The Balaban J connectivity index is 1.77. The van der Waals surface area contributed by atoms with Gasteiger partial charge in [-0.15, -0.1) is 0 Å². The summed E-state index contributed by atoms with van der Waals surface area (Å²) in [6.45, 7) is 2.03. The van der Waals surface area contributed by atoms with Gasteiger partial charge in [0.1, 0.15) is 0 Å². The lowest BCUT2D eigenvalue weighted by Gasteiger charge is -2.40. The van der Waals surface area contributed by atoms with Gasteiger partial charge in [0.2, 0.25) is 11.1 Å². The zero-order valence-corrected chi connectivity index (χ0v) is 17.1. The summed E-state index contributed by atoms with van der Waals surface area (Å²) in [5.41, 5.74) is 1.68. The molecule has 0 aromatic heterocycles. The van der Waals surface area contributed by atoms with Crippen LogP contribution in [-0.4, -0.2) is 11.1 Å². The summed E-state index contributed by atoms with van der Waals surface area (Å²) in [5.74, 6) is 0.556. The second kappa shape index (κ2) is 9.38. The molecule has 2 aromatic carbocycles. The largest absolute Gasteiger partial charge is 0.349 e. The van der Waals surface area contributed by atoms with Crippen LogP contribution < -0.4 is 5.32 Å². The fourth-order valence-corrected chi connectivity index (χ4v) is 4.45. The highest BCUT2D eigenvalue weighted by molar-refractivity contribution is 6.63. The predicted molar refractivity (Wildman–Crippen MR) is 113 cm³/mol. The maximum atomic E-state index is 13.5. The molecule has 0 spiro atoms. The van der Waals surface area contributed by atoms with E-state index >= 15 is 0 Å². The SMILES string of the molecule is C[C@H](NC(=O)C1(c2ccccc2)CCC(CCC(=O)Cl)CC1)c1ccccc1. The lowest BCUT2D eigenvalue weighted by molar-refractivity contribution is -0.129. The molecule has 3 rings (SSSR count). The minimum absolute atomic E-state index is 0.0409. The first-order valence-corrected chi connectivity index (χ1v) is 10.5. The second-order valence-corrected chi connectivity index (χ2v) is 8.31. The average Bonchev–Trinajstić information content (AvgIpc) is 2.73. The monoisotopic (exact) mass is 397 g/mol. The van der Waals surface area contributed by atoms with E-state index < -0.39 is 5.41 Å². The fraction of sp³-hybridized carbons (Fsp3) is 0.417. The summed E-state index contributed by atoms with van der Waals surface area (Å²) in [5, 5.41) is 2.99. The van der Waals surface area contributed by atoms with E-state index in [0.717, 1.165) is 43.2 Å². The van der Waals surface area contributed by atoms with Crippen molar-refractivity contribution >= 4 is 22.8 Å². The van der Waals surface area contributed by atoms with Gasteiger partial charge in [-0.2, -0.15) is 0 Å². The Hall–Kier alpha value is -2.13. The number of hydrogen-bond acceptors (Lipinski definition) is 2. The van der Waals surface area contributed by atoms with Crippen molar-refractivity contribution < 1.29 is 9.59 Å². The van der Waals surface area contributed by atoms with Crippen molar-refractivity contribution in [1.29, 1.82) is 0 Å². The lowest BCUT2D eigenvalue weighted by atomic mass is 9.65. The van der Waals surface area contributed by atoms with E-state index in [1.165, 1.54) is 0 Å². The molecule has 1 fully saturated rings. The van der Waals surface area contributed by atoms with Gasteiger partial charge < -0.3 is 5.32 Å². The van der Waals surface area contributed by atoms with Crippen LogP contribution in [0.25, 0.3) is 0 Å². The minimum Gasteiger partial charge on any atom is -0.349 e. The zero-order chi connectivity index (χ0) is 20.0. The van der Waals surface area contributed by atoms with E-state index in [4.69, 9.17) is 11.6 Å². The molecule has 0 aliphatic heterocycles. The second-order valence-electron chi connectivity index (χ2n) is 7.89. The van der Waals surface area contributed by atoms with Crippen LogP contribution in [0.1, 0.15) is 62.6 Å². The lowest BCUT2D eigenvalue weighted by Crippen LogP contribution is -2.47. The molecule has 1 amide bonds. The molecule has 3 nitrogen and oxygen atoms in total. The van der Waals surface area contributed by atoms with Crippen LogP contribution in [0, 0.1) is 5.92 Å². The van der Waals surface area contributed by atoms with Gasteiger partial charge in [-0.05, 0) is 67.7 Å². The predicted octanol–water partition coefficient (Wildman–Crippen LogP) is 5.54. The number of hydrogen-bond donors (Lipinski definition) is 1. The average molecular weight is 398 g/mol. The Morgan fingerprint density at radius 1 is 1.04 bits per heavy atom. The zero-order valence-electron chi connectivity index (χ0n) is 16.4. The summed E-state index contributed by atoms with van der Waals surface area (Å²) in [6.07, 6.45) is 4.70. The van der Waals surface area contributed by atoms with Crippen LogP contribution in [0.3, 0.4) is 0 Å². The van der Waals surface area contributed by atoms with E-state index in [0.29, 0.717) is 12.3 Å². The fourth-order valence-electron chi connectivity index (χ4n) is 4.34. The molecule has 1 saturated carbocycles. The van der Waals surface area contributed by atoms with Crippen molar-refractivity contribution in [3.05, 3.63) is 71.8 Å². The number of halogens is 1. The smallest absolute Gasteiger partial charge is 0.231 e. The van der Waals surface area contributed by atoms with Crippen molar-refractivity contribution in [1.82, 2.24) is 5.32 Å². The van der Waals surface area contributed by atoms with E-state index in [-0.39, 0.29) is 17.2 Å². The number of rotatable bonds is 7. The quantitative estimate of drug-likeness (QED) is 0.623. The number of carbonyl (C=O) groups is 2. The molecule has 2 aromatic rings. The Labute approximate surface area is 172 Å². The van der Waals surface area contributed by atoms with Gasteiger partial charge in [0, 0.05) is 6.42 Å². The first kappa shape index (κ1) is 20.6. The van der Waals surface area contributed by atoms with E-state index in [9.17, 15) is 9.59 Å². The minimum atomic E-state index is -0.508. The van der Waals surface area contributed by atoms with Crippen molar-refractivity contribution in [2.75, 3.05) is 0 Å². The van der Waals surface area contributed by atoms with E-state index in [2.05, 4.69) is 17.4 Å². The van der Waals surface area contributed by atoms with Gasteiger partial charge in [0.05, 0.1) is 11.5 Å². The van der Waals surface area contributed by atoms with Gasteiger partial charge in [-0.25, -0.2) is 0 Å². The number of amides is 1. The van der Waals surface area contributed by atoms with Crippen molar-refractivity contribution in [2.24, 2.45) is 5.92 Å². The molecule has 1 aliphatic rings. The highest BCUT2D eigenvalue weighted by Gasteiger charge is 2.43. The maximum absolute atomic E-state index is 13.5. The van der Waals surface area contributed by atoms with Crippen molar-refractivity contribution in [2.45, 2.75) is 56.9 Å². The molecule has 1 N–H and O–H groups in total. The highest BCUT2D eigenvalue weighted by atomic mass is 35.5. The van der Waals surface area contributed by atoms with Crippen molar-refractivity contribution in [3.63, 3.8) is 0 Å². The molecule has 1 aliphatic carbocycles. The van der Waals surface area contributed by atoms with Gasteiger partial charge in [0.15, 0.2) is 0 Å². The number of benzene rings is 2. The molecule has 28 heavy (non-hydrogen) atoms. The summed E-state index contributed by atoms with van der Waals surface area (Å²) in [6, 6.07) is 20.1. The molecule has 0 saturated heterocycles. The Kier molecular flexibility index (Phi) is 6.90. The molecule has 0 radical (unpaired) electrons. The van der Waals surface area contributed by atoms with Crippen LogP contribution in [0.5, 0.6) is 0 Å². The molecule has 4 heteroatoms. The molecular weight excluding hydrogens is 370 g/mol. The van der Waals surface area contributed by atoms with Gasteiger partial charge in [-0.3, -0.25) is 9.59 Å². The number of nitrogens with one attached hydrogen (secondary N) is 1. The molecule has 0 bridgehead atoms. The molecule has 0 unspecified atom stereocenters. The molecule has 148 valence electrons. The first-order valence-electron chi connectivity index (χ1n) is 10.1. The summed E-state index contributed by atoms with van der Waals surface area (Å²) in [7, 11) is 0. The topological polar surface area (TPSA) is 46.2 Å². The third-order valence-electron chi connectivity index (χ3n) is 6.12. The Bertz CT molecular complexity index is 783. The highest BCUT2D eigenvalue weighted by Crippen LogP contribution is 2.43. The van der Waals surface area contributed by atoms with Gasteiger partial charge >= 0.3 is 0 Å². The van der Waals surface area contributed by atoms with Crippen molar-refractivity contribution in [3.8, 4) is 0 Å². The normalized spacial score (nSPS) is 23.0. The molecule has 1 atom stereocenters. The molecule has 0 heterocycles. The standard InChI is InChI=1S/C24H28ClNO2/c1-18(20-8-4-2-5-9-20)26-23(28)24(21-10-6-3-7-11-21)16-14-19(15-17-24)12-13-22(25)27/h2-11,18-19H,12-17H2,1H3,(H,26,28)/t18-,19?,24?/m0/s1. The van der Waals surface area contributed by atoms with Gasteiger partial charge in [-0.1, -0.05) is 60.7 Å². The Morgan fingerprint density at radius 2 is 1.61 bits per heavy atom. The van der Waals surface area contributed by atoms with Crippen LogP contribution in [0.4, 0.5) is 0 Å². The summed E-state index contributed by atoms with van der Waals surface area (Å²) in [4.78, 5) is 24.6. The van der Waals surface area contributed by atoms with Crippen LogP contribution in [-0.2, 0) is 15.0 Å². The van der Waals surface area contributed by atoms with Crippen LogP contribution in [0.15, 0.2) is 60.7 Å². The summed E-state index contributed by atoms with van der Waals surface area (Å²) < 4.78 is 0. The number of carbonyl (C=O) groups excluding carboxylic acids is 2. The molecular formula is C24H28ClNO2. The maximum Gasteiger partial charge on any atom is 0.231 e. The third-order valence-corrected chi connectivity index (χ3v) is 6.31. The summed E-state index contributed by atoms with van der Waals surface area (Å²) >= 11 is 5.51. The Morgan fingerprint density at radius 3 is 2.18 bits per heavy atom. The van der Waals surface area contributed by atoms with E-state index in [1.54, 1.807) is 0 Å². The van der Waals surface area contributed by atoms with Crippen LogP contribution >= 0.6 is 11.6 Å². The third kappa shape index (κ3) is 4.82.